The van der Waals surface area contributed by atoms with E-state index in [-0.39, 0.29) is 0 Å². The van der Waals surface area contributed by atoms with Crippen LogP contribution in [0.2, 0.25) is 0 Å². The zero-order valence-electron chi connectivity index (χ0n) is 17.7. The number of hydrogen-bond donors (Lipinski definition) is 3. The highest BCUT2D eigenvalue weighted by Crippen LogP contribution is 2.25. The molecule has 0 aliphatic carbocycles. The fraction of sp³-hybridized carbons (Fsp3) is 0.762. The van der Waals surface area contributed by atoms with Crippen LogP contribution in [0.5, 0.6) is 0 Å². The second kappa shape index (κ2) is 12.4. The summed E-state index contributed by atoms with van der Waals surface area (Å²) in [5, 5.41) is 19.9. The van der Waals surface area contributed by atoms with Gasteiger partial charge in [0.1, 0.15) is 0 Å². The highest BCUT2D eigenvalue weighted by atomic mass is 32.1. The van der Waals surface area contributed by atoms with E-state index in [1.165, 1.54) is 4.88 Å². The molecule has 0 aromatic carbocycles. The molecule has 1 aromatic rings. The lowest BCUT2D eigenvalue weighted by Crippen LogP contribution is -2.46. The predicted octanol–water partition coefficient (Wildman–Crippen LogP) is 3.01. The van der Waals surface area contributed by atoms with Crippen LogP contribution in [-0.2, 0) is 4.74 Å². The van der Waals surface area contributed by atoms with E-state index in [0.717, 1.165) is 71.0 Å². The minimum atomic E-state index is -0.705. The molecule has 1 saturated heterocycles. The number of aliphatic hydroxyl groups is 1. The van der Waals surface area contributed by atoms with Gasteiger partial charge in [-0.15, -0.1) is 11.3 Å². The molecule has 2 heterocycles. The molecule has 2 rings (SSSR count). The molecule has 160 valence electrons. The molecule has 1 aliphatic rings. The maximum Gasteiger partial charge on any atom is 0.191 e. The monoisotopic (exact) mass is 410 g/mol. The van der Waals surface area contributed by atoms with Crippen molar-refractivity contribution in [3.05, 3.63) is 22.4 Å². The lowest BCUT2D eigenvalue weighted by atomic mass is 9.93. The molecular formula is C21H38N4O2S. The fourth-order valence-corrected chi connectivity index (χ4v) is 4.62. The molecule has 28 heavy (non-hydrogen) atoms. The lowest BCUT2D eigenvalue weighted by molar-refractivity contribution is 0.0176. The highest BCUT2D eigenvalue weighted by molar-refractivity contribution is 7.10. The van der Waals surface area contributed by atoms with E-state index >= 15 is 0 Å². The number of ether oxygens (including phenoxy) is 1. The number of rotatable bonds is 11. The summed E-state index contributed by atoms with van der Waals surface area (Å²) >= 11 is 1.80. The van der Waals surface area contributed by atoms with Crippen molar-refractivity contribution < 1.29 is 9.84 Å². The zero-order chi connectivity index (χ0) is 20.2. The standard InChI is InChI=1S/C21H38N4O2S/c1-4-9-21(26,10-5-2)17-24-20(22-6-3)23-16-18(19-8-7-15-28-19)25-11-13-27-14-12-25/h7-8,15,18,26H,4-6,9-14,16-17H2,1-3H3,(H2,22,23,24). The maximum atomic E-state index is 10.9. The molecule has 0 saturated carbocycles. The summed E-state index contributed by atoms with van der Waals surface area (Å²) in [6.45, 7) is 11.8. The number of guanidine groups is 1. The molecule has 0 spiro atoms. The summed E-state index contributed by atoms with van der Waals surface area (Å²) < 4.78 is 5.53. The van der Waals surface area contributed by atoms with Crippen LogP contribution in [0.4, 0.5) is 0 Å². The Hall–Kier alpha value is -1.15. The SMILES string of the molecule is CCCC(O)(CCC)CN=C(NCC)NCC(c1cccs1)N1CCOCC1. The van der Waals surface area contributed by atoms with E-state index in [1.807, 2.05) is 0 Å². The molecule has 0 amide bonds. The van der Waals surface area contributed by atoms with E-state index in [9.17, 15) is 5.11 Å². The fourth-order valence-electron chi connectivity index (χ4n) is 3.75. The Morgan fingerprint density at radius 1 is 1.25 bits per heavy atom. The summed E-state index contributed by atoms with van der Waals surface area (Å²) in [4.78, 5) is 8.57. The third-order valence-corrected chi connectivity index (χ3v) is 6.10. The summed E-state index contributed by atoms with van der Waals surface area (Å²) in [7, 11) is 0. The van der Waals surface area contributed by atoms with Crippen LogP contribution >= 0.6 is 11.3 Å². The van der Waals surface area contributed by atoms with Crippen LogP contribution in [0, 0.1) is 0 Å². The second-order valence-corrected chi connectivity index (χ2v) is 8.46. The van der Waals surface area contributed by atoms with Crippen molar-refractivity contribution in [1.29, 1.82) is 0 Å². The number of hydrogen-bond acceptors (Lipinski definition) is 5. The van der Waals surface area contributed by atoms with E-state index in [1.54, 1.807) is 11.3 Å². The number of nitrogens with zero attached hydrogens (tertiary/aromatic N) is 2. The third-order valence-electron chi connectivity index (χ3n) is 5.13. The molecule has 7 heteroatoms. The van der Waals surface area contributed by atoms with Gasteiger partial charge in [0.15, 0.2) is 5.96 Å². The van der Waals surface area contributed by atoms with Crippen LogP contribution in [0.1, 0.15) is 57.4 Å². The number of thiophene rings is 1. The Morgan fingerprint density at radius 3 is 2.54 bits per heavy atom. The molecule has 0 bridgehead atoms. The van der Waals surface area contributed by atoms with Gasteiger partial charge in [0.05, 0.1) is 31.4 Å². The summed E-state index contributed by atoms with van der Waals surface area (Å²) in [5.41, 5.74) is -0.705. The number of nitrogens with one attached hydrogen (secondary N) is 2. The topological polar surface area (TPSA) is 69.1 Å². The zero-order valence-corrected chi connectivity index (χ0v) is 18.6. The van der Waals surface area contributed by atoms with Crippen LogP contribution in [0.25, 0.3) is 0 Å². The summed E-state index contributed by atoms with van der Waals surface area (Å²) in [6.07, 6.45) is 3.51. The Morgan fingerprint density at radius 2 is 1.96 bits per heavy atom. The molecule has 1 fully saturated rings. The molecule has 3 N–H and O–H groups in total. The first-order valence-corrected chi connectivity index (χ1v) is 11.6. The van der Waals surface area contributed by atoms with E-state index in [2.05, 4.69) is 53.8 Å². The molecule has 1 atom stereocenters. The van der Waals surface area contributed by atoms with Crippen molar-refractivity contribution in [2.45, 2.75) is 58.1 Å². The van der Waals surface area contributed by atoms with Gasteiger partial charge in [0.2, 0.25) is 0 Å². The summed E-state index contributed by atoms with van der Waals surface area (Å²) in [6, 6.07) is 4.62. The van der Waals surface area contributed by atoms with Gasteiger partial charge in [-0.1, -0.05) is 32.8 Å². The van der Waals surface area contributed by atoms with Gasteiger partial charge in [-0.25, -0.2) is 0 Å². The van der Waals surface area contributed by atoms with Crippen molar-refractivity contribution in [3.8, 4) is 0 Å². The van der Waals surface area contributed by atoms with Crippen molar-refractivity contribution >= 4 is 17.3 Å². The van der Waals surface area contributed by atoms with Gasteiger partial charge in [-0.2, -0.15) is 0 Å². The quantitative estimate of drug-likeness (QED) is 0.386. The normalized spacial score (nSPS) is 17.5. The first-order valence-electron chi connectivity index (χ1n) is 10.7. The van der Waals surface area contributed by atoms with Crippen molar-refractivity contribution in [2.24, 2.45) is 4.99 Å². The van der Waals surface area contributed by atoms with Crippen molar-refractivity contribution in [2.75, 3.05) is 45.9 Å². The molecule has 1 aliphatic heterocycles. The third kappa shape index (κ3) is 7.35. The Balaban J connectivity index is 2.04. The number of morpholine rings is 1. The second-order valence-electron chi connectivity index (χ2n) is 7.48. The van der Waals surface area contributed by atoms with E-state index in [0.29, 0.717) is 12.6 Å². The maximum absolute atomic E-state index is 10.9. The first kappa shape index (κ1) is 23.1. The molecule has 1 unspecified atom stereocenters. The Kier molecular flexibility index (Phi) is 10.3. The Labute approximate surface area is 174 Å². The largest absolute Gasteiger partial charge is 0.388 e. The smallest absolute Gasteiger partial charge is 0.191 e. The Bertz CT molecular complexity index is 553. The molecule has 1 aromatic heterocycles. The van der Waals surface area contributed by atoms with E-state index < -0.39 is 5.60 Å². The van der Waals surface area contributed by atoms with Gasteiger partial charge in [-0.3, -0.25) is 9.89 Å². The van der Waals surface area contributed by atoms with Crippen LogP contribution in [0.15, 0.2) is 22.5 Å². The average Bonchev–Trinajstić information content (AvgIpc) is 3.22. The lowest BCUT2D eigenvalue weighted by Gasteiger charge is -2.34. The van der Waals surface area contributed by atoms with Gasteiger partial charge in [0, 0.05) is 31.1 Å². The number of aliphatic imine (C=N–C) groups is 1. The van der Waals surface area contributed by atoms with Crippen molar-refractivity contribution in [3.63, 3.8) is 0 Å². The van der Waals surface area contributed by atoms with Gasteiger partial charge in [-0.05, 0) is 31.2 Å². The highest BCUT2D eigenvalue weighted by Gasteiger charge is 2.26. The minimum absolute atomic E-state index is 0.304. The molecule has 6 nitrogen and oxygen atoms in total. The van der Waals surface area contributed by atoms with Crippen LogP contribution in [-0.4, -0.2) is 67.5 Å². The molecular weight excluding hydrogens is 372 g/mol. The van der Waals surface area contributed by atoms with Crippen LogP contribution in [0.3, 0.4) is 0 Å². The van der Waals surface area contributed by atoms with Crippen molar-refractivity contribution in [1.82, 2.24) is 15.5 Å². The van der Waals surface area contributed by atoms with Gasteiger partial charge >= 0.3 is 0 Å². The van der Waals surface area contributed by atoms with Gasteiger partial charge < -0.3 is 20.5 Å². The molecule has 0 radical (unpaired) electrons. The first-order chi connectivity index (χ1) is 13.6. The van der Waals surface area contributed by atoms with E-state index in [4.69, 9.17) is 9.73 Å². The predicted molar refractivity (Wildman–Crippen MR) is 118 cm³/mol. The summed E-state index contributed by atoms with van der Waals surface area (Å²) in [5.74, 6) is 0.781. The minimum Gasteiger partial charge on any atom is -0.388 e. The van der Waals surface area contributed by atoms with Gasteiger partial charge in [0.25, 0.3) is 0 Å². The van der Waals surface area contributed by atoms with Crippen LogP contribution < -0.4 is 10.6 Å². The average molecular weight is 411 g/mol.